The maximum Gasteiger partial charge on any atom is 0.232 e. The first-order chi connectivity index (χ1) is 9.50. The zero-order valence-electron chi connectivity index (χ0n) is 11.9. The highest BCUT2D eigenvalue weighted by molar-refractivity contribution is 8.00. The second kappa shape index (κ2) is 6.72. The molecule has 6 heteroatoms. The van der Waals surface area contributed by atoms with Crippen molar-refractivity contribution in [1.29, 1.82) is 0 Å². The van der Waals surface area contributed by atoms with Crippen molar-refractivity contribution in [2.75, 3.05) is 21.5 Å². The van der Waals surface area contributed by atoms with Crippen LogP contribution in [0.4, 0.5) is 11.4 Å². The molecular formula is C14H22N2O2S2. The molecule has 1 aromatic rings. The van der Waals surface area contributed by atoms with Gasteiger partial charge >= 0.3 is 0 Å². The molecule has 1 aliphatic heterocycles. The minimum absolute atomic E-state index is 0.0871. The summed E-state index contributed by atoms with van der Waals surface area (Å²) in [5, 5.41) is 4.15. The van der Waals surface area contributed by atoms with Gasteiger partial charge in [-0.3, -0.25) is 4.72 Å². The van der Waals surface area contributed by atoms with Gasteiger partial charge in [-0.05, 0) is 49.8 Å². The highest BCUT2D eigenvalue weighted by atomic mass is 32.2. The number of sulfonamides is 1. The first kappa shape index (κ1) is 15.5. The number of hydrogen-bond donors (Lipinski definition) is 2. The minimum atomic E-state index is -3.20. The molecule has 0 amide bonds. The lowest BCUT2D eigenvalue weighted by Crippen LogP contribution is -2.32. The van der Waals surface area contributed by atoms with Gasteiger partial charge in [0.25, 0.3) is 0 Å². The van der Waals surface area contributed by atoms with Crippen LogP contribution < -0.4 is 10.0 Å². The Morgan fingerprint density at radius 2 is 1.90 bits per heavy atom. The summed E-state index contributed by atoms with van der Waals surface area (Å²) in [4.78, 5) is 0. The Bertz CT molecular complexity index is 529. The Morgan fingerprint density at radius 3 is 2.50 bits per heavy atom. The van der Waals surface area contributed by atoms with Crippen LogP contribution in [-0.4, -0.2) is 31.2 Å². The smallest absolute Gasteiger partial charge is 0.232 e. The fourth-order valence-electron chi connectivity index (χ4n) is 2.21. The molecule has 2 atom stereocenters. The molecule has 1 saturated heterocycles. The van der Waals surface area contributed by atoms with E-state index in [2.05, 4.69) is 17.0 Å². The van der Waals surface area contributed by atoms with E-state index in [1.807, 2.05) is 23.9 Å². The van der Waals surface area contributed by atoms with E-state index in [0.29, 0.717) is 17.0 Å². The van der Waals surface area contributed by atoms with Crippen molar-refractivity contribution in [2.45, 2.75) is 38.0 Å². The SMILES string of the molecule is CCS(=O)(=O)Nc1ccc(NC2CCCSC2C)cc1. The van der Waals surface area contributed by atoms with Gasteiger partial charge in [0.2, 0.25) is 10.0 Å². The Kier molecular flexibility index (Phi) is 5.21. The minimum Gasteiger partial charge on any atom is -0.381 e. The Morgan fingerprint density at radius 1 is 1.25 bits per heavy atom. The molecule has 1 aliphatic rings. The molecule has 0 bridgehead atoms. The number of anilines is 2. The molecule has 112 valence electrons. The summed E-state index contributed by atoms with van der Waals surface area (Å²) in [7, 11) is -3.20. The van der Waals surface area contributed by atoms with Gasteiger partial charge in [-0.25, -0.2) is 8.42 Å². The van der Waals surface area contributed by atoms with Gasteiger partial charge in [0, 0.05) is 22.7 Å². The molecule has 0 aromatic heterocycles. The third-order valence-electron chi connectivity index (χ3n) is 3.50. The van der Waals surface area contributed by atoms with Gasteiger partial charge in [-0.15, -0.1) is 0 Å². The molecule has 2 rings (SSSR count). The summed E-state index contributed by atoms with van der Waals surface area (Å²) in [6.45, 7) is 3.88. The monoisotopic (exact) mass is 314 g/mol. The lowest BCUT2D eigenvalue weighted by atomic mass is 10.1. The van der Waals surface area contributed by atoms with Crippen LogP contribution in [0, 0.1) is 0 Å². The summed E-state index contributed by atoms with van der Waals surface area (Å²) in [6.07, 6.45) is 2.44. The zero-order valence-corrected chi connectivity index (χ0v) is 13.6. The number of rotatable bonds is 5. The maximum atomic E-state index is 11.5. The fourth-order valence-corrected chi connectivity index (χ4v) is 3.99. The van der Waals surface area contributed by atoms with Crippen LogP contribution in [0.1, 0.15) is 26.7 Å². The van der Waals surface area contributed by atoms with E-state index in [-0.39, 0.29) is 5.75 Å². The number of nitrogens with one attached hydrogen (secondary N) is 2. The summed E-state index contributed by atoms with van der Waals surface area (Å²) in [5.41, 5.74) is 1.66. The van der Waals surface area contributed by atoms with E-state index in [1.54, 1.807) is 19.1 Å². The number of hydrogen-bond acceptors (Lipinski definition) is 4. The lowest BCUT2D eigenvalue weighted by molar-refractivity contribution is 0.602. The van der Waals surface area contributed by atoms with Crippen LogP contribution in [0.3, 0.4) is 0 Å². The molecule has 0 aliphatic carbocycles. The predicted molar refractivity (Wildman–Crippen MR) is 88.1 cm³/mol. The van der Waals surface area contributed by atoms with E-state index in [0.717, 1.165) is 5.69 Å². The third-order valence-corrected chi connectivity index (χ3v) is 6.18. The van der Waals surface area contributed by atoms with Gasteiger partial charge in [-0.1, -0.05) is 6.92 Å². The fraction of sp³-hybridized carbons (Fsp3) is 0.571. The van der Waals surface area contributed by atoms with E-state index in [1.165, 1.54) is 18.6 Å². The summed E-state index contributed by atoms with van der Waals surface area (Å²) >= 11 is 2.01. The molecule has 20 heavy (non-hydrogen) atoms. The molecule has 1 fully saturated rings. The van der Waals surface area contributed by atoms with Gasteiger partial charge in [-0.2, -0.15) is 11.8 Å². The molecule has 2 unspecified atom stereocenters. The van der Waals surface area contributed by atoms with E-state index < -0.39 is 10.0 Å². The quantitative estimate of drug-likeness (QED) is 0.876. The highest BCUT2D eigenvalue weighted by Gasteiger charge is 2.21. The van der Waals surface area contributed by atoms with Crippen molar-refractivity contribution in [1.82, 2.24) is 0 Å². The van der Waals surface area contributed by atoms with Crippen LogP contribution >= 0.6 is 11.8 Å². The molecule has 0 spiro atoms. The van der Waals surface area contributed by atoms with Gasteiger partial charge in [0.05, 0.1) is 5.75 Å². The molecule has 1 aromatic carbocycles. The van der Waals surface area contributed by atoms with Gasteiger partial charge in [0.15, 0.2) is 0 Å². The van der Waals surface area contributed by atoms with Crippen molar-refractivity contribution in [3.8, 4) is 0 Å². The first-order valence-corrected chi connectivity index (χ1v) is 9.69. The molecule has 0 radical (unpaired) electrons. The summed E-state index contributed by atoms with van der Waals surface area (Å²) < 4.78 is 25.5. The topological polar surface area (TPSA) is 58.2 Å². The van der Waals surface area contributed by atoms with Crippen molar-refractivity contribution in [3.05, 3.63) is 24.3 Å². The highest BCUT2D eigenvalue weighted by Crippen LogP contribution is 2.28. The largest absolute Gasteiger partial charge is 0.381 e. The molecular weight excluding hydrogens is 292 g/mol. The van der Waals surface area contributed by atoms with Crippen molar-refractivity contribution in [2.24, 2.45) is 0 Å². The second-order valence-electron chi connectivity index (χ2n) is 5.05. The van der Waals surface area contributed by atoms with Crippen LogP contribution in [-0.2, 0) is 10.0 Å². The normalized spacial score (nSPS) is 23.3. The zero-order chi connectivity index (χ0) is 14.6. The van der Waals surface area contributed by atoms with Crippen LogP contribution in [0.25, 0.3) is 0 Å². The summed E-state index contributed by atoms with van der Waals surface area (Å²) in [5.74, 6) is 1.33. The second-order valence-corrected chi connectivity index (χ2v) is 8.55. The van der Waals surface area contributed by atoms with Crippen LogP contribution in [0.5, 0.6) is 0 Å². The predicted octanol–water partition coefficient (Wildman–Crippen LogP) is 3.14. The maximum absolute atomic E-state index is 11.5. The first-order valence-electron chi connectivity index (χ1n) is 6.99. The molecule has 2 N–H and O–H groups in total. The van der Waals surface area contributed by atoms with Gasteiger partial charge in [0.1, 0.15) is 0 Å². The molecule has 1 heterocycles. The molecule has 4 nitrogen and oxygen atoms in total. The van der Waals surface area contributed by atoms with Crippen molar-refractivity contribution < 1.29 is 8.42 Å². The number of benzene rings is 1. The van der Waals surface area contributed by atoms with Crippen LogP contribution in [0.2, 0.25) is 0 Å². The number of thioether (sulfide) groups is 1. The van der Waals surface area contributed by atoms with Crippen molar-refractivity contribution in [3.63, 3.8) is 0 Å². The third kappa shape index (κ3) is 4.31. The van der Waals surface area contributed by atoms with Gasteiger partial charge < -0.3 is 5.32 Å². The standard InChI is InChI=1S/C14H22N2O2S2/c1-3-20(17,18)16-13-8-6-12(7-9-13)15-14-5-4-10-19-11(14)2/h6-9,11,14-16H,3-5,10H2,1-2H3. The lowest BCUT2D eigenvalue weighted by Gasteiger charge is -2.30. The Hall–Kier alpha value is -0.880. The molecule has 0 saturated carbocycles. The Labute approximate surface area is 125 Å². The van der Waals surface area contributed by atoms with E-state index >= 15 is 0 Å². The van der Waals surface area contributed by atoms with E-state index in [9.17, 15) is 8.42 Å². The Balaban J connectivity index is 1.97. The van der Waals surface area contributed by atoms with Crippen molar-refractivity contribution >= 4 is 33.2 Å². The summed E-state index contributed by atoms with van der Waals surface area (Å²) in [6, 6.07) is 7.96. The average molecular weight is 314 g/mol. The van der Waals surface area contributed by atoms with Crippen LogP contribution in [0.15, 0.2) is 24.3 Å². The average Bonchev–Trinajstić information content (AvgIpc) is 2.43. The van der Waals surface area contributed by atoms with E-state index in [4.69, 9.17) is 0 Å².